The largest absolute Gasteiger partial charge is 0.490 e. The molecule has 1 saturated carbocycles. The Hall–Kier alpha value is -2.53. The van der Waals surface area contributed by atoms with Crippen LogP contribution in [0.4, 0.5) is 0 Å². The molecule has 0 atom stereocenters. The van der Waals surface area contributed by atoms with Gasteiger partial charge in [-0.15, -0.1) is 0 Å². The van der Waals surface area contributed by atoms with Crippen molar-refractivity contribution in [2.75, 3.05) is 13.1 Å². The molecule has 1 aliphatic carbocycles. The van der Waals surface area contributed by atoms with E-state index in [2.05, 4.69) is 5.32 Å². The van der Waals surface area contributed by atoms with Gasteiger partial charge in [-0.1, -0.05) is 29.8 Å². The van der Waals surface area contributed by atoms with E-state index in [1.165, 1.54) is 0 Å². The number of hydrogen-bond acceptors (Lipinski definition) is 3. The molecule has 0 spiro atoms. The average molecular weight is 413 g/mol. The molecule has 1 N–H and O–H groups in total. The third-order valence-electron chi connectivity index (χ3n) is 5.50. The number of nitrogens with one attached hydrogen (secondary N) is 1. The summed E-state index contributed by atoms with van der Waals surface area (Å²) in [6.07, 6.45) is 3.90. The zero-order chi connectivity index (χ0) is 20.2. The predicted octanol–water partition coefficient (Wildman–Crippen LogP) is 4.05. The van der Waals surface area contributed by atoms with Crippen molar-refractivity contribution in [1.82, 2.24) is 10.2 Å². The maximum absolute atomic E-state index is 12.4. The van der Waals surface area contributed by atoms with Crippen LogP contribution in [0, 0.1) is 5.92 Å². The Morgan fingerprint density at radius 3 is 2.34 bits per heavy atom. The van der Waals surface area contributed by atoms with Gasteiger partial charge in [-0.05, 0) is 48.7 Å². The van der Waals surface area contributed by atoms with Crippen LogP contribution in [0.15, 0.2) is 48.5 Å². The van der Waals surface area contributed by atoms with Gasteiger partial charge in [0.2, 0.25) is 5.91 Å². The number of likely N-dealkylation sites (tertiary alicyclic amines) is 1. The van der Waals surface area contributed by atoms with Crippen molar-refractivity contribution in [3.8, 4) is 5.75 Å². The SMILES string of the molecule is O=C(NCc1ccccc1Cl)c1ccc(OC2CCN(C(=O)C3CC3)CC2)cc1. The Balaban J connectivity index is 1.25. The van der Waals surface area contributed by atoms with E-state index in [9.17, 15) is 9.59 Å². The van der Waals surface area contributed by atoms with Crippen LogP contribution >= 0.6 is 11.6 Å². The van der Waals surface area contributed by atoms with Crippen molar-refractivity contribution >= 4 is 23.4 Å². The van der Waals surface area contributed by atoms with Crippen molar-refractivity contribution in [3.63, 3.8) is 0 Å². The molecule has 29 heavy (non-hydrogen) atoms. The number of carbonyl (C=O) groups excluding carboxylic acids is 2. The molecular weight excluding hydrogens is 388 g/mol. The second kappa shape index (κ2) is 8.87. The van der Waals surface area contributed by atoms with Crippen LogP contribution in [0.3, 0.4) is 0 Å². The molecule has 0 bridgehead atoms. The summed E-state index contributed by atoms with van der Waals surface area (Å²) in [7, 11) is 0. The lowest BCUT2D eigenvalue weighted by atomic mass is 10.1. The lowest BCUT2D eigenvalue weighted by Gasteiger charge is -2.32. The van der Waals surface area contributed by atoms with Gasteiger partial charge in [0.1, 0.15) is 11.9 Å². The molecule has 4 rings (SSSR count). The van der Waals surface area contributed by atoms with E-state index in [4.69, 9.17) is 16.3 Å². The molecule has 5 nitrogen and oxygen atoms in total. The maximum atomic E-state index is 12.4. The molecular formula is C23H25ClN2O3. The first-order valence-electron chi connectivity index (χ1n) is 10.2. The van der Waals surface area contributed by atoms with Gasteiger partial charge in [-0.2, -0.15) is 0 Å². The van der Waals surface area contributed by atoms with Gasteiger partial charge in [0.15, 0.2) is 0 Å². The molecule has 0 radical (unpaired) electrons. The zero-order valence-corrected chi connectivity index (χ0v) is 17.0. The Labute approximate surface area is 176 Å². The number of halogens is 1. The fourth-order valence-electron chi connectivity index (χ4n) is 3.58. The van der Waals surface area contributed by atoms with E-state index in [1.807, 2.05) is 41.3 Å². The smallest absolute Gasteiger partial charge is 0.251 e. The molecule has 2 aromatic rings. The molecule has 1 aliphatic heterocycles. The molecule has 1 saturated heterocycles. The third-order valence-corrected chi connectivity index (χ3v) is 5.87. The van der Waals surface area contributed by atoms with Gasteiger partial charge >= 0.3 is 0 Å². The summed E-state index contributed by atoms with van der Waals surface area (Å²) in [5, 5.41) is 3.53. The number of piperidine rings is 1. The highest BCUT2D eigenvalue weighted by Gasteiger charge is 2.35. The summed E-state index contributed by atoms with van der Waals surface area (Å²) in [6, 6.07) is 14.6. The Bertz CT molecular complexity index is 872. The molecule has 1 heterocycles. The minimum Gasteiger partial charge on any atom is -0.490 e. The third kappa shape index (κ3) is 5.10. The molecule has 2 aliphatic rings. The van der Waals surface area contributed by atoms with Crippen molar-refractivity contribution in [2.45, 2.75) is 38.3 Å². The standard InChI is InChI=1S/C23H25ClN2O3/c24-21-4-2-1-3-18(21)15-25-22(27)16-7-9-19(10-8-16)29-20-11-13-26(14-12-20)23(28)17-5-6-17/h1-4,7-10,17,20H,5-6,11-15H2,(H,25,27). The molecule has 0 unspecified atom stereocenters. The summed E-state index contributed by atoms with van der Waals surface area (Å²) < 4.78 is 6.05. The van der Waals surface area contributed by atoms with Crippen LogP contribution in [0.25, 0.3) is 0 Å². The van der Waals surface area contributed by atoms with Gasteiger partial charge in [-0.3, -0.25) is 9.59 Å². The highest BCUT2D eigenvalue weighted by molar-refractivity contribution is 6.31. The Kier molecular flexibility index (Phi) is 6.05. The average Bonchev–Trinajstić information content (AvgIpc) is 3.59. The van der Waals surface area contributed by atoms with Crippen LogP contribution in [-0.2, 0) is 11.3 Å². The normalized spacial score (nSPS) is 17.1. The van der Waals surface area contributed by atoms with E-state index >= 15 is 0 Å². The van der Waals surface area contributed by atoms with E-state index in [-0.39, 0.29) is 17.9 Å². The van der Waals surface area contributed by atoms with Crippen LogP contribution in [-0.4, -0.2) is 35.9 Å². The first-order valence-corrected chi connectivity index (χ1v) is 10.5. The van der Waals surface area contributed by atoms with Crippen molar-refractivity contribution in [1.29, 1.82) is 0 Å². The monoisotopic (exact) mass is 412 g/mol. The molecule has 2 fully saturated rings. The van der Waals surface area contributed by atoms with Crippen LogP contribution in [0.1, 0.15) is 41.6 Å². The maximum Gasteiger partial charge on any atom is 0.251 e. The summed E-state index contributed by atoms with van der Waals surface area (Å²) in [6.45, 7) is 1.92. The van der Waals surface area contributed by atoms with Gasteiger partial charge in [0.25, 0.3) is 5.91 Å². The summed E-state index contributed by atoms with van der Waals surface area (Å²) in [5.74, 6) is 1.20. The highest BCUT2D eigenvalue weighted by atomic mass is 35.5. The molecule has 0 aromatic heterocycles. The number of nitrogens with zero attached hydrogens (tertiary/aromatic N) is 1. The fourth-order valence-corrected chi connectivity index (χ4v) is 3.78. The minimum atomic E-state index is -0.150. The number of hydrogen-bond donors (Lipinski definition) is 1. The number of carbonyl (C=O) groups is 2. The van der Waals surface area contributed by atoms with Gasteiger partial charge in [-0.25, -0.2) is 0 Å². The second-order valence-electron chi connectivity index (χ2n) is 7.72. The summed E-state index contributed by atoms with van der Waals surface area (Å²) in [5.41, 5.74) is 1.46. The van der Waals surface area contributed by atoms with Gasteiger partial charge < -0.3 is 15.0 Å². The number of benzene rings is 2. The van der Waals surface area contributed by atoms with E-state index < -0.39 is 0 Å². The second-order valence-corrected chi connectivity index (χ2v) is 8.12. The first-order chi connectivity index (χ1) is 14.1. The Morgan fingerprint density at radius 2 is 1.69 bits per heavy atom. The zero-order valence-electron chi connectivity index (χ0n) is 16.3. The molecule has 2 amide bonds. The van der Waals surface area contributed by atoms with Crippen LogP contribution in [0.5, 0.6) is 5.75 Å². The highest BCUT2D eigenvalue weighted by Crippen LogP contribution is 2.32. The van der Waals surface area contributed by atoms with Crippen molar-refractivity contribution in [2.24, 2.45) is 5.92 Å². The number of amides is 2. The first kappa shape index (κ1) is 19.8. The molecule has 6 heteroatoms. The minimum absolute atomic E-state index is 0.109. The predicted molar refractivity (Wildman–Crippen MR) is 112 cm³/mol. The molecule has 2 aromatic carbocycles. The van der Waals surface area contributed by atoms with Crippen molar-refractivity contribution in [3.05, 3.63) is 64.7 Å². The van der Waals surface area contributed by atoms with Crippen molar-refractivity contribution < 1.29 is 14.3 Å². The van der Waals surface area contributed by atoms with E-state index in [1.54, 1.807) is 12.1 Å². The fraction of sp³-hybridized carbons (Fsp3) is 0.391. The Morgan fingerprint density at radius 1 is 1.00 bits per heavy atom. The topological polar surface area (TPSA) is 58.6 Å². The van der Waals surface area contributed by atoms with E-state index in [0.29, 0.717) is 23.0 Å². The number of rotatable bonds is 6. The van der Waals surface area contributed by atoms with Gasteiger partial charge in [0, 0.05) is 49.0 Å². The van der Waals surface area contributed by atoms with Crippen LogP contribution < -0.4 is 10.1 Å². The lowest BCUT2D eigenvalue weighted by molar-refractivity contribution is -0.134. The van der Waals surface area contributed by atoms with Crippen LogP contribution in [0.2, 0.25) is 5.02 Å². The quantitative estimate of drug-likeness (QED) is 0.778. The van der Waals surface area contributed by atoms with Gasteiger partial charge in [0.05, 0.1) is 0 Å². The number of ether oxygens (including phenoxy) is 1. The lowest BCUT2D eigenvalue weighted by Crippen LogP contribution is -2.42. The molecule has 152 valence electrons. The summed E-state index contributed by atoms with van der Waals surface area (Å²) >= 11 is 6.12. The van der Waals surface area contributed by atoms with E-state index in [0.717, 1.165) is 50.1 Å². The summed E-state index contributed by atoms with van der Waals surface area (Å²) in [4.78, 5) is 26.5.